The Kier molecular flexibility index (Phi) is 6.13. The van der Waals surface area contributed by atoms with Gasteiger partial charge in [0.1, 0.15) is 5.75 Å². The summed E-state index contributed by atoms with van der Waals surface area (Å²) in [6.45, 7) is 12.7. The van der Waals surface area contributed by atoms with Crippen LogP contribution >= 0.6 is 0 Å². The van der Waals surface area contributed by atoms with Crippen molar-refractivity contribution < 1.29 is 4.74 Å². The minimum Gasteiger partial charge on any atom is -0.494 e. The van der Waals surface area contributed by atoms with Gasteiger partial charge in [-0.3, -0.25) is 0 Å². The third-order valence-electron chi connectivity index (χ3n) is 5.46. The Morgan fingerprint density at radius 2 is 1.83 bits per heavy atom. The van der Waals surface area contributed by atoms with Crippen molar-refractivity contribution in [1.82, 2.24) is 0 Å². The van der Waals surface area contributed by atoms with E-state index >= 15 is 0 Å². The molecule has 1 saturated carbocycles. The van der Waals surface area contributed by atoms with E-state index in [9.17, 15) is 0 Å². The molecule has 2 N–H and O–H groups in total. The summed E-state index contributed by atoms with van der Waals surface area (Å²) in [5.74, 6) is 3.03. The number of rotatable bonds is 5. The average molecular weight is 318 g/mol. The molecule has 0 amide bonds. The normalized spacial score (nSPS) is 23.6. The van der Waals surface area contributed by atoms with Crippen molar-refractivity contribution >= 4 is 0 Å². The fourth-order valence-corrected chi connectivity index (χ4v) is 3.85. The predicted octanol–water partition coefficient (Wildman–Crippen LogP) is 5.25. The lowest BCUT2D eigenvalue weighted by Gasteiger charge is -2.34. The first-order chi connectivity index (χ1) is 10.9. The Bertz CT molecular complexity index is 495. The second-order valence-electron chi connectivity index (χ2n) is 8.30. The minimum atomic E-state index is 0.153. The lowest BCUT2D eigenvalue weighted by molar-refractivity contribution is 0.250. The monoisotopic (exact) mass is 317 g/mol. The summed E-state index contributed by atoms with van der Waals surface area (Å²) in [6.07, 6.45) is 5.27. The Morgan fingerprint density at radius 3 is 2.35 bits per heavy atom. The molecule has 2 heteroatoms. The second-order valence-corrected chi connectivity index (χ2v) is 8.30. The Hall–Kier alpha value is -1.02. The molecule has 1 atom stereocenters. The van der Waals surface area contributed by atoms with Gasteiger partial charge < -0.3 is 10.5 Å². The maximum absolute atomic E-state index is 6.24. The van der Waals surface area contributed by atoms with Crippen LogP contribution in [0, 0.1) is 11.8 Å². The first-order valence-electron chi connectivity index (χ1n) is 9.34. The summed E-state index contributed by atoms with van der Waals surface area (Å²) >= 11 is 0. The van der Waals surface area contributed by atoms with E-state index in [-0.39, 0.29) is 5.41 Å². The molecular formula is C21H35NO. The molecule has 130 valence electrons. The van der Waals surface area contributed by atoms with E-state index in [1.807, 2.05) is 0 Å². The molecular weight excluding hydrogens is 282 g/mol. The molecule has 2 rings (SSSR count). The summed E-state index contributed by atoms with van der Waals surface area (Å²) in [5, 5.41) is 0. The lowest BCUT2D eigenvalue weighted by atomic mass is 9.73. The maximum Gasteiger partial charge on any atom is 0.122 e. The van der Waals surface area contributed by atoms with Gasteiger partial charge in [0.2, 0.25) is 0 Å². The van der Waals surface area contributed by atoms with Crippen LogP contribution in [-0.4, -0.2) is 13.2 Å². The van der Waals surface area contributed by atoms with Crippen LogP contribution in [0.4, 0.5) is 0 Å². The van der Waals surface area contributed by atoms with Crippen molar-refractivity contribution in [3.8, 4) is 5.75 Å². The van der Waals surface area contributed by atoms with E-state index in [0.717, 1.165) is 11.7 Å². The first-order valence-corrected chi connectivity index (χ1v) is 9.34. The highest BCUT2D eigenvalue weighted by atomic mass is 16.5. The molecule has 0 saturated heterocycles. The summed E-state index contributed by atoms with van der Waals surface area (Å²) in [6, 6.07) is 6.74. The van der Waals surface area contributed by atoms with Crippen LogP contribution < -0.4 is 10.5 Å². The molecule has 1 aromatic carbocycles. The molecule has 0 radical (unpaired) electrons. The van der Waals surface area contributed by atoms with E-state index < -0.39 is 0 Å². The molecule has 0 heterocycles. The second kappa shape index (κ2) is 7.70. The zero-order chi connectivity index (χ0) is 17.0. The third-order valence-corrected chi connectivity index (χ3v) is 5.46. The van der Waals surface area contributed by atoms with Crippen LogP contribution in [-0.2, 0) is 5.41 Å². The van der Waals surface area contributed by atoms with Crippen molar-refractivity contribution in [2.75, 3.05) is 13.2 Å². The van der Waals surface area contributed by atoms with E-state index in [4.69, 9.17) is 10.5 Å². The number of benzene rings is 1. The molecule has 1 aliphatic rings. The number of nitrogens with two attached hydrogens (primary N) is 1. The van der Waals surface area contributed by atoms with Crippen LogP contribution in [0.5, 0.6) is 5.75 Å². The molecule has 23 heavy (non-hydrogen) atoms. The van der Waals surface area contributed by atoms with Crippen molar-refractivity contribution in [1.29, 1.82) is 0 Å². The molecule has 0 aromatic heterocycles. The molecule has 1 aliphatic carbocycles. The smallest absolute Gasteiger partial charge is 0.122 e. The van der Waals surface area contributed by atoms with Gasteiger partial charge in [0.05, 0.1) is 6.61 Å². The van der Waals surface area contributed by atoms with Crippen LogP contribution in [0.3, 0.4) is 0 Å². The topological polar surface area (TPSA) is 35.2 Å². The van der Waals surface area contributed by atoms with Gasteiger partial charge in [0.25, 0.3) is 0 Å². The predicted molar refractivity (Wildman–Crippen MR) is 99.2 cm³/mol. The van der Waals surface area contributed by atoms with Gasteiger partial charge in [-0.25, -0.2) is 0 Å². The van der Waals surface area contributed by atoms with Gasteiger partial charge in [-0.2, -0.15) is 0 Å². The number of hydrogen-bond acceptors (Lipinski definition) is 2. The molecule has 1 fully saturated rings. The summed E-state index contributed by atoms with van der Waals surface area (Å²) in [7, 11) is 0. The summed E-state index contributed by atoms with van der Waals surface area (Å²) in [5.41, 5.74) is 9.10. The molecule has 2 nitrogen and oxygen atoms in total. The van der Waals surface area contributed by atoms with E-state index in [2.05, 4.69) is 52.8 Å². The van der Waals surface area contributed by atoms with Gasteiger partial charge in [-0.05, 0) is 60.8 Å². The van der Waals surface area contributed by atoms with Gasteiger partial charge in [0, 0.05) is 5.92 Å². The van der Waals surface area contributed by atoms with E-state index in [1.54, 1.807) is 0 Å². The van der Waals surface area contributed by atoms with Gasteiger partial charge in [0.15, 0.2) is 0 Å². The Labute approximate surface area is 142 Å². The van der Waals surface area contributed by atoms with Crippen LogP contribution in [0.2, 0.25) is 0 Å². The molecule has 0 spiro atoms. The molecule has 0 aliphatic heterocycles. The number of ether oxygens (including phenoxy) is 1. The largest absolute Gasteiger partial charge is 0.494 e. The van der Waals surface area contributed by atoms with Gasteiger partial charge in [-0.15, -0.1) is 0 Å². The highest BCUT2D eigenvalue weighted by molar-refractivity contribution is 5.42. The molecule has 1 unspecified atom stereocenters. The maximum atomic E-state index is 6.24. The SMILES string of the molecule is CCOc1ccc(C(C)(C)C)cc1C(CN)C1CCC(C)CC1. The lowest BCUT2D eigenvalue weighted by Crippen LogP contribution is -2.26. The zero-order valence-corrected chi connectivity index (χ0v) is 15.7. The molecule has 0 bridgehead atoms. The van der Waals surface area contributed by atoms with Crippen LogP contribution in [0.15, 0.2) is 18.2 Å². The Morgan fingerprint density at radius 1 is 1.17 bits per heavy atom. The quantitative estimate of drug-likeness (QED) is 0.805. The Balaban J connectivity index is 2.35. The zero-order valence-electron chi connectivity index (χ0n) is 15.7. The highest BCUT2D eigenvalue weighted by Crippen LogP contribution is 2.41. The fourth-order valence-electron chi connectivity index (χ4n) is 3.85. The van der Waals surface area contributed by atoms with E-state index in [1.165, 1.54) is 36.8 Å². The number of hydrogen-bond donors (Lipinski definition) is 1. The standard InChI is InChI=1S/C21H35NO/c1-6-23-20-12-11-17(21(3,4)5)13-18(20)19(14-22)16-9-7-15(2)8-10-16/h11-13,15-16,19H,6-10,14,22H2,1-5H3. The average Bonchev–Trinajstić information content (AvgIpc) is 2.50. The van der Waals surface area contributed by atoms with E-state index in [0.29, 0.717) is 25.0 Å². The summed E-state index contributed by atoms with van der Waals surface area (Å²) in [4.78, 5) is 0. The van der Waals surface area contributed by atoms with Gasteiger partial charge >= 0.3 is 0 Å². The van der Waals surface area contributed by atoms with Gasteiger partial charge in [-0.1, -0.05) is 52.7 Å². The van der Waals surface area contributed by atoms with Crippen molar-refractivity contribution in [3.05, 3.63) is 29.3 Å². The van der Waals surface area contributed by atoms with Crippen LogP contribution in [0.25, 0.3) is 0 Å². The highest BCUT2D eigenvalue weighted by Gasteiger charge is 2.29. The third kappa shape index (κ3) is 4.50. The first kappa shape index (κ1) is 18.3. The van der Waals surface area contributed by atoms with Crippen LogP contribution in [0.1, 0.15) is 77.3 Å². The summed E-state index contributed by atoms with van der Waals surface area (Å²) < 4.78 is 5.94. The fraction of sp³-hybridized carbons (Fsp3) is 0.714. The minimum absolute atomic E-state index is 0.153. The van der Waals surface area contributed by atoms with Crippen molar-refractivity contribution in [2.24, 2.45) is 17.6 Å². The molecule has 1 aromatic rings. The van der Waals surface area contributed by atoms with Crippen molar-refractivity contribution in [3.63, 3.8) is 0 Å². The van der Waals surface area contributed by atoms with Crippen molar-refractivity contribution in [2.45, 2.75) is 71.6 Å².